The third-order valence-corrected chi connectivity index (χ3v) is 8.43. The van der Waals surface area contributed by atoms with Gasteiger partial charge in [-0.25, -0.2) is 13.4 Å². The lowest BCUT2D eigenvalue weighted by atomic mass is 9.97. The van der Waals surface area contributed by atoms with Gasteiger partial charge in [0.25, 0.3) is 0 Å². The number of halogens is 1. The van der Waals surface area contributed by atoms with E-state index in [0.717, 1.165) is 24.5 Å². The number of carbonyl (C=O) groups is 1. The summed E-state index contributed by atoms with van der Waals surface area (Å²) in [7, 11) is -3.73. The first-order chi connectivity index (χ1) is 15.7. The maximum atomic E-state index is 12.9. The van der Waals surface area contributed by atoms with Gasteiger partial charge in [0.15, 0.2) is 0 Å². The van der Waals surface area contributed by atoms with Crippen LogP contribution in [0.4, 0.5) is 11.4 Å². The first kappa shape index (κ1) is 23.9. The molecule has 8 nitrogen and oxygen atoms in total. The van der Waals surface area contributed by atoms with Gasteiger partial charge in [-0.15, -0.1) is 0 Å². The van der Waals surface area contributed by atoms with Crippen LogP contribution in [0.1, 0.15) is 26.7 Å². The number of hydrogen-bond donors (Lipinski definition) is 1. The monoisotopic (exact) mass is 492 g/mol. The van der Waals surface area contributed by atoms with Crippen molar-refractivity contribution in [2.75, 3.05) is 36.4 Å². The number of rotatable bonds is 5. The molecule has 2 aliphatic rings. The smallest absolute Gasteiger partial charge is 0.246 e. The number of amides is 1. The van der Waals surface area contributed by atoms with Crippen LogP contribution in [0.3, 0.4) is 0 Å². The number of ether oxygens (including phenoxy) is 1. The molecule has 1 aromatic carbocycles. The highest BCUT2D eigenvalue weighted by Crippen LogP contribution is 2.28. The first-order valence-electron chi connectivity index (χ1n) is 11.2. The largest absolute Gasteiger partial charge is 0.372 e. The molecule has 2 fully saturated rings. The lowest BCUT2D eigenvalue weighted by Gasteiger charge is -2.37. The summed E-state index contributed by atoms with van der Waals surface area (Å²) in [6, 6.07) is 10.8. The Bertz CT molecular complexity index is 1080. The molecule has 0 saturated carbocycles. The summed E-state index contributed by atoms with van der Waals surface area (Å²) in [6.07, 6.45) is 2.70. The highest BCUT2D eigenvalue weighted by Gasteiger charge is 2.33. The lowest BCUT2D eigenvalue weighted by molar-refractivity contribution is -0.120. The van der Waals surface area contributed by atoms with Crippen molar-refractivity contribution in [1.29, 1.82) is 0 Å². The topological polar surface area (TPSA) is 91.8 Å². The SMILES string of the molecule is CC1CN(c2ccc(NC(=O)C3CCN(S(=O)(=O)c4cccnc4Cl)CC3)cc2)CC(C)O1. The second kappa shape index (κ2) is 9.97. The second-order valence-electron chi connectivity index (χ2n) is 8.67. The van der Waals surface area contributed by atoms with Crippen molar-refractivity contribution in [1.82, 2.24) is 9.29 Å². The van der Waals surface area contributed by atoms with Crippen LogP contribution in [0.2, 0.25) is 5.15 Å². The van der Waals surface area contributed by atoms with Crippen molar-refractivity contribution in [2.45, 2.75) is 43.8 Å². The lowest BCUT2D eigenvalue weighted by Crippen LogP contribution is -2.45. The molecule has 1 N–H and O–H groups in total. The summed E-state index contributed by atoms with van der Waals surface area (Å²) in [5.41, 5.74) is 1.83. The van der Waals surface area contributed by atoms with Gasteiger partial charge in [0.2, 0.25) is 15.9 Å². The molecule has 0 spiro atoms. The first-order valence-corrected chi connectivity index (χ1v) is 13.0. The van der Waals surface area contributed by atoms with Crippen molar-refractivity contribution in [3.63, 3.8) is 0 Å². The number of morpholine rings is 1. The molecule has 4 rings (SSSR count). The fourth-order valence-corrected chi connectivity index (χ4v) is 6.35. The number of pyridine rings is 1. The second-order valence-corrected chi connectivity index (χ2v) is 10.9. The summed E-state index contributed by atoms with van der Waals surface area (Å²) >= 11 is 5.98. The average Bonchev–Trinajstić information content (AvgIpc) is 2.79. The Morgan fingerprint density at radius 1 is 1.09 bits per heavy atom. The van der Waals surface area contributed by atoms with Crippen LogP contribution in [0.5, 0.6) is 0 Å². The fourth-order valence-electron chi connectivity index (χ4n) is 4.45. The summed E-state index contributed by atoms with van der Waals surface area (Å²) in [6.45, 7) is 6.33. The van der Waals surface area contributed by atoms with Crippen LogP contribution >= 0.6 is 11.6 Å². The Kier molecular flexibility index (Phi) is 7.23. The van der Waals surface area contributed by atoms with Gasteiger partial charge >= 0.3 is 0 Å². The molecule has 1 amide bonds. The van der Waals surface area contributed by atoms with Crippen LogP contribution in [0.15, 0.2) is 47.5 Å². The molecular formula is C23H29ClN4O4S. The van der Waals surface area contributed by atoms with E-state index < -0.39 is 10.0 Å². The number of aromatic nitrogens is 1. The summed E-state index contributed by atoms with van der Waals surface area (Å²) in [4.78, 5) is 18.9. The number of nitrogens with zero attached hydrogens (tertiary/aromatic N) is 3. The number of piperidine rings is 1. The molecule has 3 heterocycles. The third kappa shape index (κ3) is 5.48. The van der Waals surface area contributed by atoms with Crippen LogP contribution in [-0.2, 0) is 19.6 Å². The van der Waals surface area contributed by atoms with Crippen LogP contribution in [0.25, 0.3) is 0 Å². The quantitative estimate of drug-likeness (QED) is 0.643. The summed E-state index contributed by atoms with van der Waals surface area (Å²) in [5, 5.41) is 2.93. The predicted molar refractivity (Wildman–Crippen MR) is 128 cm³/mol. The fraction of sp³-hybridized carbons (Fsp3) is 0.478. The van der Waals surface area contributed by atoms with Crippen molar-refractivity contribution in [3.05, 3.63) is 47.7 Å². The van der Waals surface area contributed by atoms with E-state index in [1.807, 2.05) is 24.3 Å². The summed E-state index contributed by atoms with van der Waals surface area (Å²) in [5.74, 6) is -0.339. The molecule has 2 atom stereocenters. The number of nitrogens with one attached hydrogen (secondary N) is 1. The van der Waals surface area contributed by atoms with Crippen molar-refractivity contribution < 1.29 is 17.9 Å². The van der Waals surface area contributed by atoms with Crippen molar-refractivity contribution >= 4 is 38.9 Å². The Labute approximate surface area is 199 Å². The van der Waals surface area contributed by atoms with E-state index in [-0.39, 0.29) is 47.2 Å². The van der Waals surface area contributed by atoms with Crippen LogP contribution in [-0.4, -0.2) is 62.0 Å². The highest BCUT2D eigenvalue weighted by molar-refractivity contribution is 7.89. The van der Waals surface area contributed by atoms with E-state index >= 15 is 0 Å². The standard InChI is InChI=1S/C23H29ClN4O4S/c1-16-14-27(15-17(2)32-16)20-7-5-19(6-8-20)26-23(29)18-9-12-28(13-10-18)33(30,31)21-4-3-11-25-22(21)24/h3-8,11,16-18H,9-10,12-15H2,1-2H3,(H,26,29). The molecule has 1 aromatic heterocycles. The van der Waals surface area contributed by atoms with Gasteiger partial charge in [-0.3, -0.25) is 4.79 Å². The molecule has 33 heavy (non-hydrogen) atoms. The van der Waals surface area contributed by atoms with Crippen LogP contribution in [0, 0.1) is 5.92 Å². The molecule has 0 aliphatic carbocycles. The minimum absolute atomic E-state index is 0.00119. The molecule has 178 valence electrons. The number of sulfonamides is 1. The van der Waals surface area contributed by atoms with E-state index in [9.17, 15) is 13.2 Å². The predicted octanol–water partition coefficient (Wildman–Crippen LogP) is 3.39. The average molecular weight is 493 g/mol. The zero-order valence-corrected chi connectivity index (χ0v) is 20.3. The van der Waals surface area contributed by atoms with Gasteiger partial charge in [0.05, 0.1) is 12.2 Å². The number of hydrogen-bond acceptors (Lipinski definition) is 6. The van der Waals surface area contributed by atoms with E-state index in [1.165, 1.54) is 16.6 Å². The number of carbonyl (C=O) groups excluding carboxylic acids is 1. The van der Waals surface area contributed by atoms with Gasteiger partial charge in [0.1, 0.15) is 10.0 Å². The van der Waals surface area contributed by atoms with E-state index in [1.54, 1.807) is 6.07 Å². The van der Waals surface area contributed by atoms with E-state index in [2.05, 4.69) is 29.0 Å². The molecule has 10 heteroatoms. The Morgan fingerprint density at radius 3 is 2.33 bits per heavy atom. The van der Waals surface area contributed by atoms with Gasteiger partial charge in [0, 0.05) is 49.7 Å². The molecule has 2 aromatic rings. The maximum absolute atomic E-state index is 12.9. The zero-order valence-electron chi connectivity index (χ0n) is 18.8. The van der Waals surface area contributed by atoms with Gasteiger partial charge in [-0.1, -0.05) is 11.6 Å². The molecule has 2 aliphatic heterocycles. The number of anilines is 2. The normalized spacial score (nSPS) is 22.8. The van der Waals surface area contributed by atoms with Gasteiger partial charge in [-0.2, -0.15) is 4.31 Å². The van der Waals surface area contributed by atoms with Crippen LogP contribution < -0.4 is 10.2 Å². The minimum Gasteiger partial charge on any atom is -0.372 e. The van der Waals surface area contributed by atoms with Crippen molar-refractivity contribution in [3.8, 4) is 0 Å². The van der Waals surface area contributed by atoms with Crippen molar-refractivity contribution in [2.24, 2.45) is 5.92 Å². The number of benzene rings is 1. The third-order valence-electron chi connectivity index (χ3n) is 6.09. The Balaban J connectivity index is 1.33. The maximum Gasteiger partial charge on any atom is 0.246 e. The van der Waals surface area contributed by atoms with Gasteiger partial charge < -0.3 is 15.0 Å². The zero-order chi connectivity index (χ0) is 23.6. The van der Waals surface area contributed by atoms with Gasteiger partial charge in [-0.05, 0) is 63.1 Å². The molecular weight excluding hydrogens is 464 g/mol. The van der Waals surface area contributed by atoms with E-state index in [4.69, 9.17) is 16.3 Å². The molecule has 0 bridgehead atoms. The minimum atomic E-state index is -3.73. The highest BCUT2D eigenvalue weighted by atomic mass is 35.5. The van der Waals surface area contributed by atoms with E-state index in [0.29, 0.717) is 12.8 Å². The Hall–Kier alpha value is -2.20. The molecule has 0 radical (unpaired) electrons. The molecule has 2 unspecified atom stereocenters. The summed E-state index contributed by atoms with van der Waals surface area (Å²) < 4.78 is 32.9. The Morgan fingerprint density at radius 2 is 1.73 bits per heavy atom. The molecule has 2 saturated heterocycles.